The van der Waals surface area contributed by atoms with Gasteiger partial charge in [-0.3, -0.25) is 0 Å². The zero-order valence-corrected chi connectivity index (χ0v) is 8.31. The van der Waals surface area contributed by atoms with E-state index in [-0.39, 0.29) is 16.1 Å². The lowest BCUT2D eigenvalue weighted by molar-refractivity contribution is -0.149. The van der Waals surface area contributed by atoms with Crippen molar-refractivity contribution in [2.24, 2.45) is 5.73 Å². The summed E-state index contributed by atoms with van der Waals surface area (Å²) in [6.07, 6.45) is -4.53. The van der Waals surface area contributed by atoms with E-state index in [1.54, 1.807) is 0 Å². The SMILES string of the molecule is N[C@@H](c1ccc(Cl)cc1CO)C(F)(F)F. The van der Waals surface area contributed by atoms with Gasteiger partial charge in [0, 0.05) is 5.02 Å². The van der Waals surface area contributed by atoms with Gasteiger partial charge >= 0.3 is 6.18 Å². The van der Waals surface area contributed by atoms with Crippen molar-refractivity contribution in [2.75, 3.05) is 0 Å². The molecule has 3 N–H and O–H groups in total. The molecule has 0 amide bonds. The number of nitrogens with two attached hydrogens (primary N) is 1. The van der Waals surface area contributed by atoms with E-state index in [1.807, 2.05) is 0 Å². The summed E-state index contributed by atoms with van der Waals surface area (Å²) < 4.78 is 36.9. The summed E-state index contributed by atoms with van der Waals surface area (Å²) in [6.45, 7) is -0.528. The Morgan fingerprint density at radius 3 is 2.47 bits per heavy atom. The third kappa shape index (κ3) is 2.84. The Balaban J connectivity index is 3.14. The van der Waals surface area contributed by atoms with Crippen LogP contribution >= 0.6 is 11.6 Å². The molecule has 0 aliphatic heterocycles. The maximum Gasteiger partial charge on any atom is 0.407 e. The van der Waals surface area contributed by atoms with E-state index in [0.717, 1.165) is 0 Å². The maximum atomic E-state index is 12.3. The molecule has 1 aromatic rings. The molecular formula is C9H9ClF3NO. The molecule has 0 saturated heterocycles. The van der Waals surface area contributed by atoms with Crippen molar-refractivity contribution in [1.82, 2.24) is 0 Å². The lowest BCUT2D eigenvalue weighted by Crippen LogP contribution is -2.29. The quantitative estimate of drug-likeness (QED) is 0.833. The standard InChI is InChI=1S/C9H9ClF3NO/c10-6-1-2-7(5(3-6)4-15)8(14)9(11,12)13/h1-3,8,15H,4,14H2/t8-/m0/s1. The number of halogens is 4. The van der Waals surface area contributed by atoms with Crippen molar-refractivity contribution in [3.8, 4) is 0 Å². The van der Waals surface area contributed by atoms with E-state index in [4.69, 9.17) is 22.4 Å². The number of aliphatic hydroxyl groups is 1. The normalized spacial score (nSPS) is 14.0. The van der Waals surface area contributed by atoms with Crippen LogP contribution in [0.25, 0.3) is 0 Å². The van der Waals surface area contributed by atoms with Crippen LogP contribution in [0.5, 0.6) is 0 Å². The van der Waals surface area contributed by atoms with Gasteiger partial charge in [-0.25, -0.2) is 0 Å². The highest BCUT2D eigenvalue weighted by atomic mass is 35.5. The van der Waals surface area contributed by atoms with Crippen LogP contribution in [0.1, 0.15) is 17.2 Å². The molecule has 15 heavy (non-hydrogen) atoms. The number of aliphatic hydroxyl groups excluding tert-OH is 1. The highest BCUT2D eigenvalue weighted by Crippen LogP contribution is 2.33. The molecule has 6 heteroatoms. The molecule has 1 atom stereocenters. The highest BCUT2D eigenvalue weighted by Gasteiger charge is 2.38. The molecule has 0 bridgehead atoms. The second-order valence-electron chi connectivity index (χ2n) is 3.02. The van der Waals surface area contributed by atoms with Crippen LogP contribution in [0.4, 0.5) is 13.2 Å². The lowest BCUT2D eigenvalue weighted by atomic mass is 10.0. The van der Waals surface area contributed by atoms with Crippen molar-refractivity contribution in [3.05, 3.63) is 34.3 Å². The van der Waals surface area contributed by atoms with Gasteiger partial charge in [-0.2, -0.15) is 13.2 Å². The van der Waals surface area contributed by atoms with Crippen LogP contribution in [0, 0.1) is 0 Å². The summed E-state index contributed by atoms with van der Waals surface area (Å²) in [5.41, 5.74) is 4.95. The minimum absolute atomic E-state index is 0.0901. The molecule has 0 radical (unpaired) electrons. The number of hydrogen-bond donors (Lipinski definition) is 2. The van der Waals surface area contributed by atoms with Crippen molar-refractivity contribution >= 4 is 11.6 Å². The van der Waals surface area contributed by atoms with Crippen molar-refractivity contribution in [2.45, 2.75) is 18.8 Å². The van der Waals surface area contributed by atoms with Crippen molar-refractivity contribution in [3.63, 3.8) is 0 Å². The molecule has 0 unspecified atom stereocenters. The smallest absolute Gasteiger partial charge is 0.392 e. The first-order chi connectivity index (χ1) is 6.86. The van der Waals surface area contributed by atoms with Crippen LogP contribution in [0.15, 0.2) is 18.2 Å². The summed E-state index contributed by atoms with van der Waals surface area (Å²) in [7, 11) is 0. The van der Waals surface area contributed by atoms with Gasteiger partial charge in [0.05, 0.1) is 6.61 Å². The van der Waals surface area contributed by atoms with E-state index >= 15 is 0 Å². The molecule has 0 aliphatic rings. The second kappa shape index (κ2) is 4.38. The lowest BCUT2D eigenvalue weighted by Gasteiger charge is -2.18. The fraction of sp³-hybridized carbons (Fsp3) is 0.333. The van der Waals surface area contributed by atoms with Gasteiger partial charge in [0.25, 0.3) is 0 Å². The molecule has 84 valence electrons. The topological polar surface area (TPSA) is 46.2 Å². The number of hydrogen-bond acceptors (Lipinski definition) is 2. The molecule has 1 rings (SSSR count). The largest absolute Gasteiger partial charge is 0.407 e. The predicted octanol–water partition coefficient (Wildman–Crippen LogP) is 2.39. The zero-order chi connectivity index (χ0) is 11.6. The van der Waals surface area contributed by atoms with Crippen LogP contribution in [-0.4, -0.2) is 11.3 Å². The van der Waals surface area contributed by atoms with Crippen LogP contribution < -0.4 is 5.73 Å². The third-order valence-electron chi connectivity index (χ3n) is 1.96. The summed E-state index contributed by atoms with van der Waals surface area (Å²) in [5, 5.41) is 9.14. The van der Waals surface area contributed by atoms with Gasteiger partial charge in [-0.15, -0.1) is 0 Å². The monoisotopic (exact) mass is 239 g/mol. The van der Waals surface area contributed by atoms with E-state index in [9.17, 15) is 13.2 Å². The molecule has 0 heterocycles. The van der Waals surface area contributed by atoms with E-state index < -0.39 is 18.8 Å². The van der Waals surface area contributed by atoms with E-state index in [1.165, 1.54) is 18.2 Å². The number of rotatable bonds is 2. The summed E-state index contributed by atoms with van der Waals surface area (Å²) in [6, 6.07) is 1.65. The van der Waals surface area contributed by atoms with Crippen LogP contribution in [-0.2, 0) is 6.61 Å². The number of alkyl halides is 3. The minimum Gasteiger partial charge on any atom is -0.392 e. The average Bonchev–Trinajstić information content (AvgIpc) is 2.15. The molecule has 0 fully saturated rings. The van der Waals surface area contributed by atoms with Crippen molar-refractivity contribution < 1.29 is 18.3 Å². The Labute approximate surface area is 89.5 Å². The number of benzene rings is 1. The Morgan fingerprint density at radius 1 is 1.40 bits per heavy atom. The maximum absolute atomic E-state index is 12.3. The Hall–Kier alpha value is -0.780. The second-order valence-corrected chi connectivity index (χ2v) is 3.46. The molecule has 0 aliphatic carbocycles. The van der Waals surface area contributed by atoms with E-state index in [0.29, 0.717) is 0 Å². The Morgan fingerprint density at radius 2 is 2.00 bits per heavy atom. The van der Waals surface area contributed by atoms with Crippen molar-refractivity contribution in [1.29, 1.82) is 0 Å². The first kappa shape index (κ1) is 12.3. The molecule has 2 nitrogen and oxygen atoms in total. The van der Waals surface area contributed by atoms with Gasteiger partial charge in [-0.05, 0) is 23.3 Å². The molecule has 0 saturated carbocycles. The summed E-state index contributed by atoms with van der Waals surface area (Å²) in [4.78, 5) is 0. The average molecular weight is 240 g/mol. The van der Waals surface area contributed by atoms with Gasteiger partial charge in [0.1, 0.15) is 6.04 Å². The van der Waals surface area contributed by atoms with Gasteiger partial charge in [0.2, 0.25) is 0 Å². The Kier molecular flexibility index (Phi) is 3.59. The fourth-order valence-corrected chi connectivity index (χ4v) is 1.39. The fourth-order valence-electron chi connectivity index (χ4n) is 1.19. The first-order valence-corrected chi connectivity index (χ1v) is 4.45. The first-order valence-electron chi connectivity index (χ1n) is 4.07. The van der Waals surface area contributed by atoms with Crippen LogP contribution in [0.3, 0.4) is 0 Å². The van der Waals surface area contributed by atoms with Gasteiger partial charge in [0.15, 0.2) is 0 Å². The summed E-state index contributed by atoms with van der Waals surface area (Å²) >= 11 is 5.58. The molecule has 1 aromatic carbocycles. The Bertz CT molecular complexity index is 354. The summed E-state index contributed by atoms with van der Waals surface area (Å²) in [5.74, 6) is 0. The predicted molar refractivity (Wildman–Crippen MR) is 50.4 cm³/mol. The minimum atomic E-state index is -4.53. The third-order valence-corrected chi connectivity index (χ3v) is 2.20. The zero-order valence-electron chi connectivity index (χ0n) is 7.55. The molecule has 0 spiro atoms. The van der Waals surface area contributed by atoms with Gasteiger partial charge in [-0.1, -0.05) is 17.7 Å². The molecular weight excluding hydrogens is 231 g/mol. The highest BCUT2D eigenvalue weighted by molar-refractivity contribution is 6.30. The van der Waals surface area contributed by atoms with Crippen LogP contribution in [0.2, 0.25) is 5.02 Å². The molecule has 0 aromatic heterocycles. The van der Waals surface area contributed by atoms with E-state index in [2.05, 4.69) is 0 Å². The van der Waals surface area contributed by atoms with Gasteiger partial charge < -0.3 is 10.8 Å².